The number of benzene rings is 2. The maximum Gasteiger partial charge on any atom is 0.333 e. The van der Waals surface area contributed by atoms with Crippen molar-refractivity contribution in [2.75, 3.05) is 7.11 Å². The zero-order valence-corrected chi connectivity index (χ0v) is 21.0. The summed E-state index contributed by atoms with van der Waals surface area (Å²) >= 11 is 6.14. The van der Waals surface area contributed by atoms with E-state index in [0.29, 0.717) is 11.1 Å². The van der Waals surface area contributed by atoms with Crippen molar-refractivity contribution < 1.29 is 32.2 Å². The molecular weight excluding hydrogens is 511 g/mol. The molecule has 1 aliphatic carbocycles. The summed E-state index contributed by atoms with van der Waals surface area (Å²) in [5.74, 6) is -1.24. The van der Waals surface area contributed by atoms with Crippen molar-refractivity contribution in [3.8, 4) is 45.9 Å². The number of halogens is 4. The zero-order valence-electron chi connectivity index (χ0n) is 20.2. The van der Waals surface area contributed by atoms with Gasteiger partial charge in [-0.25, -0.2) is 9.07 Å². The maximum absolute atomic E-state index is 15.6. The van der Waals surface area contributed by atoms with E-state index in [9.17, 15) is 19.1 Å². The molecule has 0 atom stereocenters. The number of ether oxygens (including phenoxy) is 2. The van der Waals surface area contributed by atoms with Crippen LogP contribution < -0.4 is 9.47 Å². The summed E-state index contributed by atoms with van der Waals surface area (Å²) in [6.45, 7) is 2.12. The lowest BCUT2D eigenvalue weighted by molar-refractivity contribution is 0.0585. The highest BCUT2D eigenvalue weighted by Gasteiger charge is 2.34. The Morgan fingerprint density at radius 3 is 2.54 bits per heavy atom. The van der Waals surface area contributed by atoms with Crippen LogP contribution in [0.4, 0.5) is 13.2 Å². The fraction of sp³-hybridized carbons (Fsp3) is 0.308. The number of aromatic nitrogens is 2. The molecule has 7 nitrogen and oxygen atoms in total. The largest absolute Gasteiger partial charge is 0.507 e. The number of alkyl halides is 2. The van der Waals surface area contributed by atoms with Crippen LogP contribution in [0.15, 0.2) is 16.7 Å². The van der Waals surface area contributed by atoms with Crippen molar-refractivity contribution in [2.24, 2.45) is 0 Å². The number of nitriles is 1. The molecule has 2 heterocycles. The van der Waals surface area contributed by atoms with E-state index in [0.717, 1.165) is 30.7 Å². The molecule has 5 rings (SSSR count). The van der Waals surface area contributed by atoms with Crippen molar-refractivity contribution in [3.63, 3.8) is 0 Å². The lowest BCUT2D eigenvalue weighted by Crippen LogP contribution is -2.07. The first-order valence-corrected chi connectivity index (χ1v) is 11.7. The maximum atomic E-state index is 15.6. The summed E-state index contributed by atoms with van der Waals surface area (Å²) in [6, 6.07) is 3.04. The predicted octanol–water partition coefficient (Wildman–Crippen LogP) is 7.20. The van der Waals surface area contributed by atoms with E-state index in [1.807, 2.05) is 6.07 Å². The molecule has 1 saturated carbocycles. The molecule has 0 radical (unpaired) electrons. The Hall–Kier alpha value is -3.84. The molecule has 1 N–H and O–H groups in total. The average Bonchev–Trinajstić information content (AvgIpc) is 3.44. The van der Waals surface area contributed by atoms with Gasteiger partial charge in [0.1, 0.15) is 34.1 Å². The van der Waals surface area contributed by atoms with Crippen molar-refractivity contribution in [1.29, 1.82) is 5.26 Å². The molecule has 0 bridgehead atoms. The van der Waals surface area contributed by atoms with Gasteiger partial charge in [-0.05, 0) is 50.3 Å². The standard InChI is InChI=1S/C26H21ClF3N3O4/c1-10-11(2)22(34)19-23(12(10)3)37-24(25(19)35-4)15-9-32-33(26(29)30)21(15)18-14(8-31)17(36-13-5-6-13)7-16(27)20(18)28/h7,9,13,26,34H,5-6H2,1-4H3. The molecule has 2 aromatic carbocycles. The van der Waals surface area contributed by atoms with Crippen LogP contribution in [0.3, 0.4) is 0 Å². The van der Waals surface area contributed by atoms with Crippen LogP contribution in [0.1, 0.15) is 41.6 Å². The first-order valence-electron chi connectivity index (χ1n) is 11.3. The normalized spacial score (nSPS) is 13.4. The highest BCUT2D eigenvalue weighted by Crippen LogP contribution is 2.51. The summed E-state index contributed by atoms with van der Waals surface area (Å²) in [7, 11) is 1.33. The van der Waals surface area contributed by atoms with Crippen molar-refractivity contribution in [1.82, 2.24) is 9.78 Å². The predicted molar refractivity (Wildman–Crippen MR) is 130 cm³/mol. The van der Waals surface area contributed by atoms with Gasteiger partial charge in [-0.2, -0.15) is 19.1 Å². The van der Waals surface area contributed by atoms with Gasteiger partial charge in [0.15, 0.2) is 17.3 Å². The summed E-state index contributed by atoms with van der Waals surface area (Å²) < 4.78 is 61.6. The number of furan rings is 1. The Balaban J connectivity index is 1.88. The summed E-state index contributed by atoms with van der Waals surface area (Å²) in [5, 5.41) is 24.4. The number of methoxy groups -OCH3 is 1. The third kappa shape index (κ3) is 3.76. The molecule has 0 aliphatic heterocycles. The molecule has 0 spiro atoms. The van der Waals surface area contributed by atoms with Crippen molar-refractivity contribution >= 4 is 22.6 Å². The molecular formula is C26H21ClF3N3O4. The third-order valence-electron chi connectivity index (χ3n) is 6.70. The molecule has 2 aromatic heterocycles. The number of rotatable bonds is 6. The lowest BCUT2D eigenvalue weighted by Gasteiger charge is -2.15. The number of fused-ring (bicyclic) bond motifs is 1. The molecule has 0 amide bonds. The fourth-order valence-corrected chi connectivity index (χ4v) is 4.60. The van der Waals surface area contributed by atoms with E-state index in [4.69, 9.17) is 25.5 Å². The van der Waals surface area contributed by atoms with Gasteiger partial charge in [0.05, 0.1) is 41.3 Å². The van der Waals surface area contributed by atoms with E-state index in [-0.39, 0.29) is 55.9 Å². The Kier molecular flexibility index (Phi) is 5.99. The SMILES string of the molecule is COc1c(-c2cnn(C(F)F)c2-c2c(F)c(Cl)cc(OC3CC3)c2C#N)oc2c(C)c(C)c(C)c(O)c12. The van der Waals surface area contributed by atoms with Gasteiger partial charge in [-0.3, -0.25) is 0 Å². The number of phenols is 1. The molecule has 192 valence electrons. The van der Waals surface area contributed by atoms with Crippen LogP contribution in [0.2, 0.25) is 5.02 Å². The monoisotopic (exact) mass is 531 g/mol. The van der Waals surface area contributed by atoms with E-state index in [1.165, 1.54) is 7.11 Å². The number of nitrogens with zero attached hydrogens (tertiary/aromatic N) is 3. The van der Waals surface area contributed by atoms with Crippen LogP contribution in [-0.4, -0.2) is 28.1 Å². The molecule has 37 heavy (non-hydrogen) atoms. The Labute approximate surface area is 214 Å². The Morgan fingerprint density at radius 1 is 1.24 bits per heavy atom. The number of hydrogen-bond acceptors (Lipinski definition) is 6. The third-order valence-corrected chi connectivity index (χ3v) is 6.98. The first kappa shape index (κ1) is 24.8. The van der Waals surface area contributed by atoms with Gasteiger partial charge in [0.25, 0.3) is 0 Å². The van der Waals surface area contributed by atoms with Crippen LogP contribution in [0.5, 0.6) is 17.2 Å². The highest BCUT2D eigenvalue weighted by molar-refractivity contribution is 6.31. The van der Waals surface area contributed by atoms with E-state index in [2.05, 4.69) is 5.10 Å². The molecule has 11 heteroatoms. The summed E-state index contributed by atoms with van der Waals surface area (Å²) in [5.41, 5.74) is 0.984. The first-order chi connectivity index (χ1) is 17.6. The van der Waals surface area contributed by atoms with Crippen molar-refractivity contribution in [3.05, 3.63) is 45.4 Å². The zero-order chi connectivity index (χ0) is 26.8. The van der Waals surface area contributed by atoms with Crippen LogP contribution in [0, 0.1) is 37.9 Å². The van der Waals surface area contributed by atoms with E-state index < -0.39 is 28.6 Å². The number of hydrogen-bond donors (Lipinski definition) is 1. The van der Waals surface area contributed by atoms with Crippen LogP contribution in [0.25, 0.3) is 33.6 Å². The second-order valence-electron chi connectivity index (χ2n) is 8.87. The van der Waals surface area contributed by atoms with Gasteiger partial charge in [0.2, 0.25) is 0 Å². The Morgan fingerprint density at radius 2 is 1.95 bits per heavy atom. The minimum absolute atomic E-state index is 0.0179. The molecule has 0 saturated heterocycles. The second kappa shape index (κ2) is 8.92. The van der Waals surface area contributed by atoms with Gasteiger partial charge < -0.3 is 19.0 Å². The molecule has 4 aromatic rings. The minimum Gasteiger partial charge on any atom is -0.507 e. The highest BCUT2D eigenvalue weighted by atomic mass is 35.5. The smallest absolute Gasteiger partial charge is 0.333 e. The lowest BCUT2D eigenvalue weighted by atomic mass is 9.97. The number of aryl methyl sites for hydroxylation is 1. The topological polar surface area (TPSA) is 93.4 Å². The number of aromatic hydroxyl groups is 1. The quantitative estimate of drug-likeness (QED) is 0.283. The Bertz CT molecular complexity index is 1620. The summed E-state index contributed by atoms with van der Waals surface area (Å²) in [4.78, 5) is 0. The van der Waals surface area contributed by atoms with Gasteiger partial charge in [-0.1, -0.05) is 11.6 Å². The summed E-state index contributed by atoms with van der Waals surface area (Å²) in [6.07, 6.45) is 2.38. The van der Waals surface area contributed by atoms with Gasteiger partial charge in [-0.15, -0.1) is 0 Å². The van der Waals surface area contributed by atoms with Gasteiger partial charge in [0, 0.05) is 6.07 Å². The van der Waals surface area contributed by atoms with E-state index >= 15 is 4.39 Å². The molecule has 1 aliphatic rings. The molecule has 0 unspecified atom stereocenters. The minimum atomic E-state index is -3.20. The van der Waals surface area contributed by atoms with Crippen molar-refractivity contribution in [2.45, 2.75) is 46.3 Å². The molecule has 1 fully saturated rings. The van der Waals surface area contributed by atoms with E-state index in [1.54, 1.807) is 20.8 Å². The second-order valence-corrected chi connectivity index (χ2v) is 9.28. The fourth-order valence-electron chi connectivity index (χ4n) is 4.40. The number of phenolic OH excluding ortho intramolecular Hbond substituents is 1. The average molecular weight is 532 g/mol. The van der Waals surface area contributed by atoms with Gasteiger partial charge >= 0.3 is 6.55 Å². The van der Waals surface area contributed by atoms with Crippen LogP contribution >= 0.6 is 11.6 Å². The van der Waals surface area contributed by atoms with Crippen LogP contribution in [-0.2, 0) is 0 Å².